The van der Waals surface area contributed by atoms with E-state index in [4.69, 9.17) is 20.8 Å². The maximum Gasteiger partial charge on any atom is 0.271 e. The Hall–Kier alpha value is -3.05. The average molecular weight is 369 g/mol. The first-order valence-corrected chi connectivity index (χ1v) is 8.45. The third-order valence-corrected chi connectivity index (χ3v) is 3.76. The van der Waals surface area contributed by atoms with E-state index >= 15 is 0 Å². The predicted octanol–water partition coefficient (Wildman–Crippen LogP) is 4.76. The fraction of sp³-hybridized carbons (Fsp3) is 0.100. The van der Waals surface area contributed by atoms with E-state index in [0.29, 0.717) is 28.7 Å². The molecule has 132 valence electrons. The van der Waals surface area contributed by atoms with E-state index in [0.717, 1.165) is 11.3 Å². The third-order valence-electron chi connectivity index (χ3n) is 3.52. The van der Waals surface area contributed by atoms with Crippen LogP contribution in [0.3, 0.4) is 0 Å². The van der Waals surface area contributed by atoms with Gasteiger partial charge >= 0.3 is 0 Å². The lowest BCUT2D eigenvalue weighted by Crippen LogP contribution is -2.17. The number of carbonyl (C=O) groups excluding carboxylic acids is 1. The molecule has 0 aliphatic carbocycles. The van der Waals surface area contributed by atoms with E-state index < -0.39 is 0 Å². The summed E-state index contributed by atoms with van der Waals surface area (Å²) in [4.78, 5) is 12.1. The van der Waals surface area contributed by atoms with Crippen LogP contribution in [0.5, 0.6) is 5.75 Å². The van der Waals surface area contributed by atoms with E-state index in [1.54, 1.807) is 36.4 Å². The van der Waals surface area contributed by atoms with Crippen molar-refractivity contribution in [1.82, 2.24) is 5.43 Å². The summed E-state index contributed by atoms with van der Waals surface area (Å²) in [6.07, 6.45) is 1.44. The molecule has 0 unspecified atom stereocenters. The van der Waals surface area contributed by atoms with Crippen molar-refractivity contribution in [2.24, 2.45) is 5.10 Å². The molecule has 0 radical (unpaired) electrons. The molecule has 26 heavy (non-hydrogen) atoms. The molecular weight excluding hydrogens is 352 g/mol. The highest BCUT2D eigenvalue weighted by Gasteiger charge is 2.06. The molecule has 0 aliphatic heterocycles. The predicted molar refractivity (Wildman–Crippen MR) is 102 cm³/mol. The Kier molecular flexibility index (Phi) is 5.71. The Balaban J connectivity index is 1.61. The van der Waals surface area contributed by atoms with Crippen molar-refractivity contribution in [3.8, 4) is 17.1 Å². The molecule has 0 spiro atoms. The average Bonchev–Trinajstić information content (AvgIpc) is 3.11. The monoisotopic (exact) mass is 368 g/mol. The first-order valence-electron chi connectivity index (χ1n) is 8.08. The summed E-state index contributed by atoms with van der Waals surface area (Å²) in [5.41, 5.74) is 3.83. The van der Waals surface area contributed by atoms with Crippen LogP contribution in [0.2, 0.25) is 5.02 Å². The number of nitrogens with zero attached hydrogens (tertiary/aromatic N) is 1. The second-order valence-electron chi connectivity index (χ2n) is 5.37. The molecule has 0 fully saturated rings. The smallest absolute Gasteiger partial charge is 0.271 e. The van der Waals surface area contributed by atoms with Crippen LogP contribution < -0.4 is 10.2 Å². The van der Waals surface area contributed by atoms with Crippen LogP contribution in [-0.4, -0.2) is 18.7 Å². The maximum absolute atomic E-state index is 12.1. The first-order chi connectivity index (χ1) is 12.7. The molecular formula is C20H17ClN2O3. The zero-order chi connectivity index (χ0) is 18.4. The summed E-state index contributed by atoms with van der Waals surface area (Å²) < 4.78 is 11.0. The standard InChI is InChI=1S/C20H17ClN2O3/c1-2-25-17-8-6-14(7-9-17)20(24)23-22-13-18-10-11-19(26-18)15-4-3-5-16(21)12-15/h3-13H,2H2,1H3,(H,23,24)/b22-13+. The van der Waals surface area contributed by atoms with Crippen LogP contribution in [0.25, 0.3) is 11.3 Å². The SMILES string of the molecule is CCOc1ccc(C(=O)N/N=C/c2ccc(-c3cccc(Cl)c3)o2)cc1. The van der Waals surface area contributed by atoms with Gasteiger partial charge in [-0.2, -0.15) is 5.10 Å². The number of benzene rings is 2. The summed E-state index contributed by atoms with van der Waals surface area (Å²) in [7, 11) is 0. The number of hydrogen-bond acceptors (Lipinski definition) is 4. The molecule has 0 atom stereocenters. The number of hydrazone groups is 1. The molecule has 0 saturated carbocycles. The van der Waals surface area contributed by atoms with Gasteiger partial charge in [0.25, 0.3) is 5.91 Å². The lowest BCUT2D eigenvalue weighted by Gasteiger charge is -2.03. The van der Waals surface area contributed by atoms with Crippen LogP contribution in [0.1, 0.15) is 23.0 Å². The molecule has 0 aliphatic rings. The fourth-order valence-electron chi connectivity index (χ4n) is 2.31. The summed E-state index contributed by atoms with van der Waals surface area (Å²) >= 11 is 5.98. The fourth-order valence-corrected chi connectivity index (χ4v) is 2.50. The Bertz CT molecular complexity index is 917. The van der Waals surface area contributed by atoms with Crippen molar-refractivity contribution < 1.29 is 13.9 Å². The van der Waals surface area contributed by atoms with Gasteiger partial charge in [-0.1, -0.05) is 23.7 Å². The highest BCUT2D eigenvalue weighted by atomic mass is 35.5. The Morgan fingerprint density at radius 1 is 1.19 bits per heavy atom. The van der Waals surface area contributed by atoms with Crippen LogP contribution in [0, 0.1) is 0 Å². The minimum Gasteiger partial charge on any atom is -0.494 e. The van der Waals surface area contributed by atoms with Crippen molar-refractivity contribution in [3.05, 3.63) is 77.0 Å². The van der Waals surface area contributed by atoms with E-state index in [9.17, 15) is 4.79 Å². The van der Waals surface area contributed by atoms with Crippen molar-refractivity contribution in [3.63, 3.8) is 0 Å². The van der Waals surface area contributed by atoms with Gasteiger partial charge in [0, 0.05) is 16.1 Å². The highest BCUT2D eigenvalue weighted by Crippen LogP contribution is 2.24. The zero-order valence-corrected chi connectivity index (χ0v) is 14.9. The number of ether oxygens (including phenoxy) is 1. The van der Waals surface area contributed by atoms with Crippen LogP contribution in [-0.2, 0) is 0 Å². The molecule has 5 nitrogen and oxygen atoms in total. The summed E-state index contributed by atoms with van der Waals surface area (Å²) in [6.45, 7) is 2.48. The van der Waals surface area contributed by atoms with Crippen molar-refractivity contribution >= 4 is 23.7 Å². The number of furan rings is 1. The second-order valence-corrected chi connectivity index (χ2v) is 5.81. The normalized spacial score (nSPS) is 10.8. The van der Waals surface area contributed by atoms with Gasteiger partial charge in [0.15, 0.2) is 0 Å². The van der Waals surface area contributed by atoms with Gasteiger partial charge < -0.3 is 9.15 Å². The number of halogens is 1. The minimum absolute atomic E-state index is 0.314. The number of rotatable bonds is 6. The van der Waals surface area contributed by atoms with Crippen molar-refractivity contribution in [2.45, 2.75) is 6.92 Å². The molecule has 1 heterocycles. The molecule has 3 aromatic rings. The van der Waals surface area contributed by atoms with Gasteiger partial charge in [0.2, 0.25) is 0 Å². The Morgan fingerprint density at radius 2 is 2.00 bits per heavy atom. The van der Waals surface area contributed by atoms with E-state index in [-0.39, 0.29) is 5.91 Å². The van der Waals surface area contributed by atoms with Gasteiger partial charge in [-0.05, 0) is 55.5 Å². The van der Waals surface area contributed by atoms with Gasteiger partial charge in [-0.25, -0.2) is 5.43 Å². The van der Waals surface area contributed by atoms with E-state index in [1.807, 2.05) is 31.2 Å². The molecule has 6 heteroatoms. The van der Waals surface area contributed by atoms with Gasteiger partial charge in [0.1, 0.15) is 17.3 Å². The summed E-state index contributed by atoms with van der Waals surface area (Å²) in [6, 6.07) is 17.8. The number of nitrogens with one attached hydrogen (secondary N) is 1. The number of amides is 1. The van der Waals surface area contributed by atoms with Gasteiger partial charge in [0.05, 0.1) is 12.8 Å². The first kappa shape index (κ1) is 17.8. The topological polar surface area (TPSA) is 63.8 Å². The van der Waals surface area contributed by atoms with Crippen LogP contribution in [0.15, 0.2) is 70.2 Å². The summed E-state index contributed by atoms with van der Waals surface area (Å²) in [5, 5.41) is 4.56. The molecule has 1 amide bonds. The van der Waals surface area contributed by atoms with Gasteiger partial charge in [-0.3, -0.25) is 4.79 Å². The Labute approximate surface area is 156 Å². The third kappa shape index (κ3) is 4.52. The number of hydrogen-bond donors (Lipinski definition) is 1. The second kappa shape index (κ2) is 8.36. The van der Waals surface area contributed by atoms with E-state index in [2.05, 4.69) is 10.5 Å². The van der Waals surface area contributed by atoms with Crippen LogP contribution in [0.4, 0.5) is 0 Å². The molecule has 0 saturated heterocycles. The van der Waals surface area contributed by atoms with Gasteiger partial charge in [-0.15, -0.1) is 0 Å². The van der Waals surface area contributed by atoms with E-state index in [1.165, 1.54) is 6.21 Å². The zero-order valence-electron chi connectivity index (χ0n) is 14.1. The molecule has 1 aromatic heterocycles. The largest absolute Gasteiger partial charge is 0.494 e. The summed E-state index contributed by atoms with van der Waals surface area (Å²) in [5.74, 6) is 1.60. The maximum atomic E-state index is 12.1. The van der Waals surface area contributed by atoms with Crippen LogP contribution >= 0.6 is 11.6 Å². The Morgan fingerprint density at radius 3 is 2.73 bits per heavy atom. The van der Waals surface area contributed by atoms with Crippen molar-refractivity contribution in [2.75, 3.05) is 6.61 Å². The van der Waals surface area contributed by atoms with Crippen molar-refractivity contribution in [1.29, 1.82) is 0 Å². The highest BCUT2D eigenvalue weighted by molar-refractivity contribution is 6.30. The number of carbonyl (C=O) groups is 1. The lowest BCUT2D eigenvalue weighted by atomic mass is 10.2. The minimum atomic E-state index is -0.314. The quantitative estimate of drug-likeness (QED) is 0.504. The molecule has 2 aromatic carbocycles. The molecule has 0 bridgehead atoms. The molecule has 1 N–H and O–H groups in total. The molecule has 3 rings (SSSR count). The lowest BCUT2D eigenvalue weighted by molar-refractivity contribution is 0.0955.